The van der Waals surface area contributed by atoms with Crippen LogP contribution in [0.4, 0.5) is 0 Å². The minimum atomic E-state index is 0.553. The van der Waals surface area contributed by atoms with Crippen molar-refractivity contribution in [3.05, 3.63) is 35.2 Å². The Morgan fingerprint density at radius 3 is 2.95 bits per heavy atom. The standard InChI is InChI=1S/C15H19ClN4O/c1-11-10-17-7-9-20(11)8-6-14-18-15(19-21-14)12-2-4-13(16)5-3-12/h2-5,11,17H,6-10H2,1H3/t11-/m0/s1. The SMILES string of the molecule is C[C@H]1CNCCN1CCc1nc(-c2ccc(Cl)cc2)no1. The fourth-order valence-corrected chi connectivity index (χ4v) is 2.65. The summed E-state index contributed by atoms with van der Waals surface area (Å²) in [6, 6.07) is 8.01. The van der Waals surface area contributed by atoms with E-state index in [1.165, 1.54) is 0 Å². The Kier molecular flexibility index (Phi) is 4.53. The number of hydrogen-bond donors (Lipinski definition) is 1. The lowest BCUT2D eigenvalue weighted by atomic mass is 10.2. The molecule has 0 bridgehead atoms. The van der Waals surface area contributed by atoms with Crippen LogP contribution in [0.3, 0.4) is 0 Å². The Hall–Kier alpha value is -1.43. The van der Waals surface area contributed by atoms with E-state index < -0.39 is 0 Å². The largest absolute Gasteiger partial charge is 0.339 e. The van der Waals surface area contributed by atoms with Crippen molar-refractivity contribution in [2.45, 2.75) is 19.4 Å². The molecule has 1 atom stereocenters. The van der Waals surface area contributed by atoms with E-state index in [9.17, 15) is 0 Å². The maximum absolute atomic E-state index is 5.88. The average molecular weight is 307 g/mol. The molecule has 0 saturated carbocycles. The molecule has 1 aliphatic rings. The molecule has 1 aromatic heterocycles. The molecule has 1 N–H and O–H groups in total. The molecule has 1 saturated heterocycles. The molecule has 2 aromatic rings. The lowest BCUT2D eigenvalue weighted by Crippen LogP contribution is -2.50. The molecule has 0 spiro atoms. The minimum absolute atomic E-state index is 0.553. The maximum atomic E-state index is 5.88. The molecule has 6 heteroatoms. The molecule has 112 valence electrons. The lowest BCUT2D eigenvalue weighted by Gasteiger charge is -2.33. The summed E-state index contributed by atoms with van der Waals surface area (Å²) < 4.78 is 5.34. The van der Waals surface area contributed by atoms with Crippen LogP contribution in [0.1, 0.15) is 12.8 Å². The summed E-state index contributed by atoms with van der Waals surface area (Å²) in [7, 11) is 0. The monoisotopic (exact) mass is 306 g/mol. The number of rotatable bonds is 4. The highest BCUT2D eigenvalue weighted by atomic mass is 35.5. The smallest absolute Gasteiger partial charge is 0.228 e. The van der Waals surface area contributed by atoms with Crippen LogP contribution in [0.2, 0.25) is 5.02 Å². The van der Waals surface area contributed by atoms with Crippen LogP contribution >= 0.6 is 11.6 Å². The van der Waals surface area contributed by atoms with E-state index in [-0.39, 0.29) is 0 Å². The van der Waals surface area contributed by atoms with Gasteiger partial charge in [0.15, 0.2) is 0 Å². The number of piperazine rings is 1. The number of nitrogens with one attached hydrogen (secondary N) is 1. The summed E-state index contributed by atoms with van der Waals surface area (Å²) in [5.41, 5.74) is 0.921. The summed E-state index contributed by atoms with van der Waals surface area (Å²) in [6.07, 6.45) is 0.783. The van der Waals surface area contributed by atoms with Crippen LogP contribution < -0.4 is 5.32 Å². The van der Waals surface area contributed by atoms with E-state index >= 15 is 0 Å². The Morgan fingerprint density at radius 1 is 1.38 bits per heavy atom. The summed E-state index contributed by atoms with van der Waals surface area (Å²) in [4.78, 5) is 6.90. The molecule has 1 aliphatic heterocycles. The molecule has 0 radical (unpaired) electrons. The molecule has 0 unspecified atom stereocenters. The molecule has 1 fully saturated rings. The van der Waals surface area contributed by atoms with Gasteiger partial charge in [-0.15, -0.1) is 0 Å². The summed E-state index contributed by atoms with van der Waals surface area (Å²) >= 11 is 5.88. The van der Waals surface area contributed by atoms with Crippen LogP contribution in [-0.4, -0.2) is 47.3 Å². The van der Waals surface area contributed by atoms with Gasteiger partial charge in [0.1, 0.15) is 0 Å². The highest BCUT2D eigenvalue weighted by Crippen LogP contribution is 2.18. The predicted molar refractivity (Wildman–Crippen MR) is 82.4 cm³/mol. The second-order valence-electron chi connectivity index (χ2n) is 5.36. The lowest BCUT2D eigenvalue weighted by molar-refractivity contribution is 0.171. The van der Waals surface area contributed by atoms with Gasteiger partial charge < -0.3 is 9.84 Å². The van der Waals surface area contributed by atoms with Gasteiger partial charge in [0.05, 0.1) is 0 Å². The van der Waals surface area contributed by atoms with Crippen molar-refractivity contribution < 1.29 is 4.52 Å². The van der Waals surface area contributed by atoms with Crippen molar-refractivity contribution in [1.29, 1.82) is 0 Å². The first-order valence-corrected chi connectivity index (χ1v) is 7.63. The quantitative estimate of drug-likeness (QED) is 0.939. The molecule has 2 heterocycles. The second-order valence-corrected chi connectivity index (χ2v) is 5.79. The highest BCUT2D eigenvalue weighted by Gasteiger charge is 2.18. The van der Waals surface area contributed by atoms with Gasteiger partial charge in [-0.05, 0) is 31.2 Å². The first kappa shape index (κ1) is 14.5. The number of hydrogen-bond acceptors (Lipinski definition) is 5. The third-order valence-electron chi connectivity index (χ3n) is 3.82. The molecule has 3 rings (SSSR count). The molecular formula is C15H19ClN4O. The molecule has 21 heavy (non-hydrogen) atoms. The summed E-state index contributed by atoms with van der Waals surface area (Å²) in [6.45, 7) is 6.34. The summed E-state index contributed by atoms with van der Waals surface area (Å²) in [5, 5.41) is 8.13. The fraction of sp³-hybridized carbons (Fsp3) is 0.467. The van der Waals surface area contributed by atoms with Crippen LogP contribution in [0, 0.1) is 0 Å². The third-order valence-corrected chi connectivity index (χ3v) is 4.07. The van der Waals surface area contributed by atoms with Crippen molar-refractivity contribution in [2.75, 3.05) is 26.2 Å². The fourth-order valence-electron chi connectivity index (χ4n) is 2.53. The van der Waals surface area contributed by atoms with Crippen LogP contribution in [-0.2, 0) is 6.42 Å². The Bertz CT molecular complexity index is 584. The van der Waals surface area contributed by atoms with Crippen molar-refractivity contribution in [1.82, 2.24) is 20.4 Å². The van der Waals surface area contributed by atoms with Gasteiger partial charge in [-0.1, -0.05) is 16.8 Å². The van der Waals surface area contributed by atoms with Gasteiger partial charge in [-0.3, -0.25) is 4.90 Å². The van der Waals surface area contributed by atoms with Gasteiger partial charge in [-0.25, -0.2) is 0 Å². The van der Waals surface area contributed by atoms with E-state index in [1.54, 1.807) is 0 Å². The van der Waals surface area contributed by atoms with Gasteiger partial charge in [0.2, 0.25) is 11.7 Å². The zero-order valence-corrected chi connectivity index (χ0v) is 12.8. The zero-order valence-electron chi connectivity index (χ0n) is 12.1. The van der Waals surface area contributed by atoms with Gasteiger partial charge in [0, 0.05) is 49.2 Å². The third kappa shape index (κ3) is 3.61. The summed E-state index contributed by atoms with van der Waals surface area (Å²) in [5.74, 6) is 1.31. The van der Waals surface area contributed by atoms with Gasteiger partial charge >= 0.3 is 0 Å². The van der Waals surface area contributed by atoms with Crippen molar-refractivity contribution >= 4 is 11.6 Å². The Labute approximate surface area is 129 Å². The molecule has 0 amide bonds. The van der Waals surface area contributed by atoms with E-state index in [1.807, 2.05) is 24.3 Å². The van der Waals surface area contributed by atoms with Crippen molar-refractivity contribution in [2.24, 2.45) is 0 Å². The number of aromatic nitrogens is 2. The van der Waals surface area contributed by atoms with E-state index in [0.717, 1.165) is 38.2 Å². The molecule has 5 nitrogen and oxygen atoms in total. The number of nitrogens with zero attached hydrogens (tertiary/aromatic N) is 3. The van der Waals surface area contributed by atoms with Crippen LogP contribution in [0.25, 0.3) is 11.4 Å². The molecule has 1 aromatic carbocycles. The first-order valence-electron chi connectivity index (χ1n) is 7.25. The minimum Gasteiger partial charge on any atom is -0.339 e. The number of halogens is 1. The maximum Gasteiger partial charge on any atom is 0.228 e. The zero-order chi connectivity index (χ0) is 14.7. The van der Waals surface area contributed by atoms with Gasteiger partial charge in [-0.2, -0.15) is 4.98 Å². The van der Waals surface area contributed by atoms with E-state index in [0.29, 0.717) is 22.8 Å². The van der Waals surface area contributed by atoms with Crippen molar-refractivity contribution in [3.8, 4) is 11.4 Å². The van der Waals surface area contributed by atoms with E-state index in [4.69, 9.17) is 16.1 Å². The van der Waals surface area contributed by atoms with E-state index in [2.05, 4.69) is 27.3 Å². The predicted octanol–water partition coefficient (Wildman–Crippen LogP) is 2.23. The average Bonchev–Trinajstić information content (AvgIpc) is 2.96. The molecular weight excluding hydrogens is 288 g/mol. The van der Waals surface area contributed by atoms with Crippen LogP contribution in [0.5, 0.6) is 0 Å². The first-order chi connectivity index (χ1) is 10.2. The van der Waals surface area contributed by atoms with Gasteiger partial charge in [0.25, 0.3) is 0 Å². The van der Waals surface area contributed by atoms with Crippen molar-refractivity contribution in [3.63, 3.8) is 0 Å². The molecule has 0 aliphatic carbocycles. The second kappa shape index (κ2) is 6.56. The Balaban J connectivity index is 1.61. The normalized spacial score (nSPS) is 19.8. The number of benzene rings is 1. The topological polar surface area (TPSA) is 54.2 Å². The van der Waals surface area contributed by atoms with Crippen LogP contribution in [0.15, 0.2) is 28.8 Å². The highest BCUT2D eigenvalue weighted by molar-refractivity contribution is 6.30. The Morgan fingerprint density at radius 2 is 2.19 bits per heavy atom.